The van der Waals surface area contributed by atoms with Crippen LogP contribution in [0.2, 0.25) is 0 Å². The predicted molar refractivity (Wildman–Crippen MR) is 104 cm³/mol. The summed E-state index contributed by atoms with van der Waals surface area (Å²) in [5, 5.41) is 3.01. The number of aryl methyl sites for hydroxylation is 2. The summed E-state index contributed by atoms with van der Waals surface area (Å²) in [6, 6.07) is 9.13. The lowest BCUT2D eigenvalue weighted by Gasteiger charge is -2.23. The highest BCUT2D eigenvalue weighted by molar-refractivity contribution is 6.41. The zero-order valence-electron chi connectivity index (χ0n) is 15.6. The Morgan fingerprint density at radius 3 is 2.69 bits per heavy atom. The number of rotatable bonds is 4. The lowest BCUT2D eigenvalue weighted by molar-refractivity contribution is -0.112. The van der Waals surface area contributed by atoms with Gasteiger partial charge in [0.2, 0.25) is 0 Å². The molecule has 26 heavy (non-hydrogen) atoms. The molecule has 0 unspecified atom stereocenters. The number of carbonyl (C=O) groups excluding carboxylic acids is 2. The zero-order chi connectivity index (χ0) is 18.8. The highest BCUT2D eigenvalue weighted by Gasteiger charge is 2.37. The van der Waals surface area contributed by atoms with Gasteiger partial charge in [0, 0.05) is 37.1 Å². The molecular weight excluding hydrogens is 328 g/mol. The van der Waals surface area contributed by atoms with Gasteiger partial charge < -0.3 is 15.2 Å². The first-order valence-corrected chi connectivity index (χ1v) is 8.65. The van der Waals surface area contributed by atoms with Gasteiger partial charge in [-0.05, 0) is 44.7 Å². The normalized spacial score (nSPS) is 14.8. The van der Waals surface area contributed by atoms with Crippen LogP contribution in [0.15, 0.2) is 30.3 Å². The van der Waals surface area contributed by atoms with Gasteiger partial charge in [-0.1, -0.05) is 18.2 Å². The largest absolute Gasteiger partial charge is 0.359 e. The van der Waals surface area contributed by atoms with Crippen molar-refractivity contribution in [3.63, 3.8) is 0 Å². The molecule has 2 aromatic rings. The number of likely N-dealkylation sites (N-methyl/N-ethyl adjacent to an activating group) is 2. The van der Waals surface area contributed by atoms with Crippen LogP contribution in [0.3, 0.4) is 0 Å². The Labute approximate surface area is 153 Å². The topological polar surface area (TPSA) is 68.4 Å². The highest BCUT2D eigenvalue weighted by Crippen LogP contribution is 2.38. The molecule has 2 heterocycles. The minimum absolute atomic E-state index is 0.292. The predicted octanol–water partition coefficient (Wildman–Crippen LogP) is 2.79. The van der Waals surface area contributed by atoms with Gasteiger partial charge in [0.15, 0.2) is 0 Å². The maximum Gasteiger partial charge on any atom is 0.331 e. The monoisotopic (exact) mass is 352 g/mol. The Balaban J connectivity index is 2.01. The van der Waals surface area contributed by atoms with E-state index in [1.807, 2.05) is 57.3 Å². The van der Waals surface area contributed by atoms with E-state index in [2.05, 4.69) is 10.3 Å². The number of urea groups is 1. The molecule has 1 aliphatic heterocycles. The number of hydrogen-bond acceptors (Lipinski definition) is 3. The van der Waals surface area contributed by atoms with Crippen molar-refractivity contribution in [3.05, 3.63) is 52.8 Å². The second-order valence-electron chi connectivity index (χ2n) is 6.57. The first kappa shape index (κ1) is 17.9. The van der Waals surface area contributed by atoms with E-state index in [1.54, 1.807) is 11.9 Å². The smallest absolute Gasteiger partial charge is 0.331 e. The van der Waals surface area contributed by atoms with E-state index in [0.717, 1.165) is 22.5 Å². The summed E-state index contributed by atoms with van der Waals surface area (Å²) in [4.78, 5) is 32.0. The Morgan fingerprint density at radius 2 is 2.04 bits per heavy atom. The summed E-state index contributed by atoms with van der Waals surface area (Å²) < 4.78 is 0. The third kappa shape index (κ3) is 3.15. The molecule has 1 aromatic carbocycles. The fraction of sp³-hybridized carbons (Fsp3) is 0.300. The quantitative estimate of drug-likeness (QED) is 0.832. The van der Waals surface area contributed by atoms with Gasteiger partial charge in [0.25, 0.3) is 5.91 Å². The molecule has 1 aromatic heterocycles. The Morgan fingerprint density at radius 1 is 1.31 bits per heavy atom. The zero-order valence-corrected chi connectivity index (χ0v) is 15.6. The number of aromatic nitrogens is 1. The van der Waals surface area contributed by atoms with Gasteiger partial charge in [0.1, 0.15) is 0 Å². The standard InChI is InChI=1S/C20H24N4O2/c1-13-11-14(2)22-17(13)12-16-15-7-5-6-8-18(15)24(19(16)25)20(26)23(4)10-9-21-3/h5-8,11-12,21-22H,9-10H2,1-4H3/b16-12-. The average Bonchev–Trinajstić information content (AvgIpc) is 3.08. The summed E-state index contributed by atoms with van der Waals surface area (Å²) in [5.74, 6) is -0.292. The first-order chi connectivity index (χ1) is 12.4. The van der Waals surface area contributed by atoms with Crippen LogP contribution < -0.4 is 10.2 Å². The number of carbonyl (C=O) groups is 2. The molecule has 0 radical (unpaired) electrons. The summed E-state index contributed by atoms with van der Waals surface area (Å²) in [6.45, 7) is 5.16. The second-order valence-corrected chi connectivity index (χ2v) is 6.57. The molecule has 6 heteroatoms. The molecule has 3 rings (SSSR count). The molecule has 0 spiro atoms. The SMILES string of the molecule is CNCCN(C)C(=O)N1C(=O)/C(=C\c2[nH]c(C)cc2C)c2ccccc21. The molecule has 0 bridgehead atoms. The van der Waals surface area contributed by atoms with Crippen LogP contribution in [0.25, 0.3) is 11.6 Å². The van der Waals surface area contributed by atoms with Gasteiger partial charge in [-0.3, -0.25) is 4.79 Å². The van der Waals surface area contributed by atoms with Crippen molar-refractivity contribution < 1.29 is 9.59 Å². The lowest BCUT2D eigenvalue weighted by atomic mass is 10.1. The molecule has 0 fully saturated rings. The third-order valence-corrected chi connectivity index (χ3v) is 4.56. The number of hydrogen-bond donors (Lipinski definition) is 2. The Hall–Kier alpha value is -2.86. The number of H-pyrrole nitrogens is 1. The minimum atomic E-state index is -0.319. The number of fused-ring (bicyclic) bond motifs is 1. The average molecular weight is 352 g/mol. The fourth-order valence-corrected chi connectivity index (χ4v) is 3.16. The van der Waals surface area contributed by atoms with Crippen LogP contribution in [0.4, 0.5) is 10.5 Å². The van der Waals surface area contributed by atoms with Gasteiger partial charge in [-0.15, -0.1) is 0 Å². The third-order valence-electron chi connectivity index (χ3n) is 4.56. The van der Waals surface area contributed by atoms with Crippen molar-refractivity contribution >= 4 is 29.3 Å². The molecule has 1 aliphatic rings. The molecule has 0 saturated carbocycles. The number of nitrogens with zero attached hydrogens (tertiary/aromatic N) is 2. The summed E-state index contributed by atoms with van der Waals surface area (Å²) in [5.41, 5.74) is 4.92. The Kier molecular flexibility index (Phi) is 4.95. The molecule has 3 amide bonds. The number of nitrogens with one attached hydrogen (secondary N) is 2. The van der Waals surface area contributed by atoms with E-state index < -0.39 is 0 Å². The van der Waals surface area contributed by atoms with Crippen LogP contribution in [-0.2, 0) is 4.79 Å². The molecule has 2 N–H and O–H groups in total. The van der Waals surface area contributed by atoms with E-state index in [1.165, 1.54) is 4.90 Å². The van der Waals surface area contributed by atoms with Crippen molar-refractivity contribution in [2.24, 2.45) is 0 Å². The van der Waals surface area contributed by atoms with Gasteiger partial charge in [0.05, 0.1) is 11.3 Å². The molecule has 0 aliphatic carbocycles. The number of para-hydroxylation sites is 1. The van der Waals surface area contributed by atoms with Crippen LogP contribution in [-0.4, -0.2) is 49.0 Å². The van der Waals surface area contributed by atoms with Crippen molar-refractivity contribution in [2.45, 2.75) is 13.8 Å². The van der Waals surface area contributed by atoms with Crippen molar-refractivity contribution in [1.82, 2.24) is 15.2 Å². The number of aromatic amines is 1. The van der Waals surface area contributed by atoms with E-state index in [4.69, 9.17) is 0 Å². The van der Waals surface area contributed by atoms with E-state index in [-0.39, 0.29) is 11.9 Å². The number of anilines is 1. The van der Waals surface area contributed by atoms with Crippen LogP contribution >= 0.6 is 0 Å². The molecule has 136 valence electrons. The summed E-state index contributed by atoms with van der Waals surface area (Å²) in [6.07, 6.45) is 1.84. The minimum Gasteiger partial charge on any atom is -0.359 e. The van der Waals surface area contributed by atoms with Gasteiger partial charge in [-0.2, -0.15) is 0 Å². The lowest BCUT2D eigenvalue weighted by Crippen LogP contribution is -2.44. The second kappa shape index (κ2) is 7.17. The maximum atomic E-state index is 13.1. The number of benzene rings is 1. The molecular formula is C20H24N4O2. The van der Waals surface area contributed by atoms with Gasteiger partial charge >= 0.3 is 6.03 Å². The summed E-state index contributed by atoms with van der Waals surface area (Å²) in [7, 11) is 3.53. The van der Waals surface area contributed by atoms with E-state index in [9.17, 15) is 9.59 Å². The van der Waals surface area contributed by atoms with E-state index in [0.29, 0.717) is 24.4 Å². The fourth-order valence-electron chi connectivity index (χ4n) is 3.16. The summed E-state index contributed by atoms with van der Waals surface area (Å²) >= 11 is 0. The highest BCUT2D eigenvalue weighted by atomic mass is 16.2. The number of amides is 3. The van der Waals surface area contributed by atoms with Crippen LogP contribution in [0, 0.1) is 13.8 Å². The molecule has 6 nitrogen and oxygen atoms in total. The maximum absolute atomic E-state index is 13.1. The van der Waals surface area contributed by atoms with Crippen LogP contribution in [0.5, 0.6) is 0 Å². The van der Waals surface area contributed by atoms with Crippen molar-refractivity contribution in [1.29, 1.82) is 0 Å². The van der Waals surface area contributed by atoms with Crippen molar-refractivity contribution in [3.8, 4) is 0 Å². The number of imide groups is 1. The van der Waals surface area contributed by atoms with Crippen LogP contribution in [0.1, 0.15) is 22.5 Å². The van der Waals surface area contributed by atoms with E-state index >= 15 is 0 Å². The molecule has 0 atom stereocenters. The molecule has 0 saturated heterocycles. The Bertz CT molecular complexity index is 882. The first-order valence-electron chi connectivity index (χ1n) is 8.65. The van der Waals surface area contributed by atoms with Gasteiger partial charge in [-0.25, -0.2) is 9.69 Å². The van der Waals surface area contributed by atoms with Crippen molar-refractivity contribution in [2.75, 3.05) is 32.1 Å².